The molecule has 0 aliphatic heterocycles. The van der Waals surface area contributed by atoms with E-state index in [0.717, 1.165) is 16.2 Å². The highest BCUT2D eigenvalue weighted by Crippen LogP contribution is 2.19. The van der Waals surface area contributed by atoms with Gasteiger partial charge in [0.05, 0.1) is 6.20 Å². The van der Waals surface area contributed by atoms with Gasteiger partial charge in [0.1, 0.15) is 5.69 Å². The number of aromatic amines is 1. The van der Waals surface area contributed by atoms with Crippen molar-refractivity contribution in [1.29, 1.82) is 0 Å². The lowest BCUT2D eigenvalue weighted by Crippen LogP contribution is -2.17. The van der Waals surface area contributed by atoms with Gasteiger partial charge in [0, 0.05) is 16.4 Å². The van der Waals surface area contributed by atoms with E-state index in [1.807, 2.05) is 19.1 Å². The summed E-state index contributed by atoms with van der Waals surface area (Å²) in [6.45, 7) is 1.93. The van der Waals surface area contributed by atoms with Crippen molar-refractivity contribution in [2.24, 2.45) is 0 Å². The predicted molar refractivity (Wildman–Crippen MR) is 71.7 cm³/mol. The SMILES string of the molecule is Cc1cc(Br)cc(NC(=O)c2c[nH]c(=O)cn2)c1. The summed E-state index contributed by atoms with van der Waals surface area (Å²) in [5.74, 6) is -0.372. The second kappa shape index (κ2) is 5.14. The summed E-state index contributed by atoms with van der Waals surface area (Å²) < 4.78 is 0.882. The van der Waals surface area contributed by atoms with E-state index in [1.165, 1.54) is 6.20 Å². The highest BCUT2D eigenvalue weighted by Gasteiger charge is 2.08. The van der Waals surface area contributed by atoms with Crippen LogP contribution in [0.15, 0.2) is 39.9 Å². The molecule has 0 bridgehead atoms. The summed E-state index contributed by atoms with van der Waals surface area (Å²) in [7, 11) is 0. The maximum Gasteiger partial charge on any atom is 0.275 e. The molecule has 0 saturated heterocycles. The number of aromatic nitrogens is 2. The monoisotopic (exact) mass is 307 g/mol. The molecule has 5 nitrogen and oxygen atoms in total. The Labute approximate surface area is 111 Å². The van der Waals surface area contributed by atoms with Gasteiger partial charge in [0.25, 0.3) is 11.5 Å². The van der Waals surface area contributed by atoms with Crippen LogP contribution in [-0.2, 0) is 0 Å². The van der Waals surface area contributed by atoms with Gasteiger partial charge < -0.3 is 10.3 Å². The van der Waals surface area contributed by atoms with Crippen molar-refractivity contribution < 1.29 is 4.79 Å². The van der Waals surface area contributed by atoms with Crippen molar-refractivity contribution in [2.75, 3.05) is 5.32 Å². The molecule has 0 unspecified atom stereocenters. The number of halogens is 1. The summed E-state index contributed by atoms with van der Waals surface area (Å²) in [5, 5.41) is 2.71. The van der Waals surface area contributed by atoms with Crippen LogP contribution in [0.2, 0.25) is 0 Å². The molecule has 0 saturated carbocycles. The number of nitrogens with one attached hydrogen (secondary N) is 2. The summed E-state index contributed by atoms with van der Waals surface area (Å²) in [6, 6.07) is 5.57. The fourth-order valence-electron chi connectivity index (χ4n) is 1.47. The quantitative estimate of drug-likeness (QED) is 0.892. The van der Waals surface area contributed by atoms with E-state index in [2.05, 4.69) is 31.2 Å². The van der Waals surface area contributed by atoms with Crippen LogP contribution in [0.4, 0.5) is 5.69 Å². The number of carbonyl (C=O) groups is 1. The molecule has 0 radical (unpaired) electrons. The second-order valence-corrected chi connectivity index (χ2v) is 4.68. The van der Waals surface area contributed by atoms with Gasteiger partial charge in [-0.3, -0.25) is 9.59 Å². The molecule has 2 rings (SSSR count). The fourth-order valence-corrected chi connectivity index (χ4v) is 2.08. The summed E-state index contributed by atoms with van der Waals surface area (Å²) in [6.07, 6.45) is 2.35. The molecule has 1 amide bonds. The third-order valence-electron chi connectivity index (χ3n) is 2.20. The van der Waals surface area contributed by atoms with Gasteiger partial charge in [0.2, 0.25) is 0 Å². The predicted octanol–water partition coefficient (Wildman–Crippen LogP) is 2.09. The van der Waals surface area contributed by atoms with Gasteiger partial charge in [-0.25, -0.2) is 4.98 Å². The van der Waals surface area contributed by atoms with Gasteiger partial charge in [-0.1, -0.05) is 15.9 Å². The first-order chi connectivity index (χ1) is 8.54. The molecule has 0 aliphatic carbocycles. The molecule has 0 atom stereocenters. The van der Waals surface area contributed by atoms with Crippen molar-refractivity contribution >= 4 is 27.5 Å². The van der Waals surface area contributed by atoms with Crippen LogP contribution in [0.25, 0.3) is 0 Å². The first kappa shape index (κ1) is 12.5. The fraction of sp³-hybridized carbons (Fsp3) is 0.0833. The maximum atomic E-state index is 11.8. The number of amides is 1. The Morgan fingerprint density at radius 2 is 2.17 bits per heavy atom. The number of aryl methyl sites for hydroxylation is 1. The third kappa shape index (κ3) is 3.04. The zero-order chi connectivity index (χ0) is 13.1. The number of anilines is 1. The van der Waals surface area contributed by atoms with Crippen molar-refractivity contribution in [1.82, 2.24) is 9.97 Å². The van der Waals surface area contributed by atoms with E-state index in [-0.39, 0.29) is 17.2 Å². The van der Waals surface area contributed by atoms with Gasteiger partial charge in [-0.15, -0.1) is 0 Å². The zero-order valence-corrected chi connectivity index (χ0v) is 11.1. The smallest absolute Gasteiger partial charge is 0.275 e. The van der Waals surface area contributed by atoms with Crippen LogP contribution in [0, 0.1) is 6.92 Å². The molecule has 0 spiro atoms. The molecular weight excluding hydrogens is 298 g/mol. The minimum atomic E-state index is -0.372. The molecule has 1 aromatic heterocycles. The van der Waals surface area contributed by atoms with Crippen LogP contribution in [0.5, 0.6) is 0 Å². The molecule has 6 heteroatoms. The summed E-state index contributed by atoms with van der Waals surface area (Å²) in [5.41, 5.74) is 1.51. The van der Waals surface area contributed by atoms with Crippen molar-refractivity contribution in [3.8, 4) is 0 Å². The van der Waals surface area contributed by atoms with Crippen molar-refractivity contribution in [3.63, 3.8) is 0 Å². The van der Waals surface area contributed by atoms with Crippen LogP contribution in [-0.4, -0.2) is 15.9 Å². The molecule has 0 fully saturated rings. The number of hydrogen-bond donors (Lipinski definition) is 2. The van der Waals surface area contributed by atoms with Crippen molar-refractivity contribution in [2.45, 2.75) is 6.92 Å². The number of nitrogens with zero attached hydrogens (tertiary/aromatic N) is 1. The van der Waals surface area contributed by atoms with Gasteiger partial charge in [0.15, 0.2) is 0 Å². The Hall–Kier alpha value is -1.95. The standard InChI is InChI=1S/C12H10BrN3O2/c1-7-2-8(13)4-9(3-7)16-12(18)10-5-15-11(17)6-14-10/h2-6H,1H3,(H,15,17)(H,16,18). The van der Waals surface area contributed by atoms with Gasteiger partial charge >= 0.3 is 0 Å². The lowest BCUT2D eigenvalue weighted by Gasteiger charge is -2.06. The molecule has 1 aromatic carbocycles. The Morgan fingerprint density at radius 3 is 2.78 bits per heavy atom. The zero-order valence-electron chi connectivity index (χ0n) is 9.53. The third-order valence-corrected chi connectivity index (χ3v) is 2.66. The second-order valence-electron chi connectivity index (χ2n) is 3.77. The Balaban J connectivity index is 2.21. The maximum absolute atomic E-state index is 11.8. The van der Waals surface area contributed by atoms with Crippen LogP contribution < -0.4 is 10.9 Å². The normalized spacial score (nSPS) is 10.1. The minimum absolute atomic E-state index is 0.159. The number of benzene rings is 1. The Bertz CT molecular complexity index is 611. The molecule has 0 aliphatic rings. The Morgan fingerprint density at radius 1 is 1.39 bits per heavy atom. The van der Waals surface area contributed by atoms with E-state index in [9.17, 15) is 9.59 Å². The van der Waals surface area contributed by atoms with E-state index in [4.69, 9.17) is 0 Å². The summed E-state index contributed by atoms with van der Waals surface area (Å²) >= 11 is 3.35. The lowest BCUT2D eigenvalue weighted by molar-refractivity contribution is 0.102. The number of hydrogen-bond acceptors (Lipinski definition) is 3. The minimum Gasteiger partial charge on any atom is -0.325 e. The van der Waals surface area contributed by atoms with Crippen LogP contribution >= 0.6 is 15.9 Å². The first-order valence-corrected chi connectivity index (χ1v) is 5.97. The number of rotatable bonds is 2. The highest BCUT2D eigenvalue weighted by atomic mass is 79.9. The van der Waals surface area contributed by atoms with Crippen LogP contribution in [0.3, 0.4) is 0 Å². The molecule has 2 aromatic rings. The topological polar surface area (TPSA) is 74.8 Å². The average molecular weight is 308 g/mol. The largest absolute Gasteiger partial charge is 0.325 e. The lowest BCUT2D eigenvalue weighted by atomic mass is 10.2. The van der Waals surface area contributed by atoms with E-state index < -0.39 is 0 Å². The van der Waals surface area contributed by atoms with Gasteiger partial charge in [-0.2, -0.15) is 0 Å². The van der Waals surface area contributed by atoms with E-state index in [0.29, 0.717) is 5.69 Å². The molecule has 92 valence electrons. The average Bonchev–Trinajstić information content (AvgIpc) is 2.28. The summed E-state index contributed by atoms with van der Waals surface area (Å²) in [4.78, 5) is 28.8. The number of carbonyl (C=O) groups excluding carboxylic acids is 1. The molecule has 18 heavy (non-hydrogen) atoms. The van der Waals surface area contributed by atoms with E-state index in [1.54, 1.807) is 6.07 Å². The van der Waals surface area contributed by atoms with Crippen LogP contribution in [0.1, 0.15) is 16.1 Å². The molecular formula is C12H10BrN3O2. The molecule has 1 heterocycles. The van der Waals surface area contributed by atoms with Gasteiger partial charge in [-0.05, 0) is 30.7 Å². The highest BCUT2D eigenvalue weighted by molar-refractivity contribution is 9.10. The number of H-pyrrole nitrogens is 1. The first-order valence-electron chi connectivity index (χ1n) is 5.18. The van der Waals surface area contributed by atoms with Crippen molar-refractivity contribution in [3.05, 3.63) is 56.7 Å². The van der Waals surface area contributed by atoms with E-state index >= 15 is 0 Å². The Kier molecular flexibility index (Phi) is 3.57. The molecule has 2 N–H and O–H groups in total.